The van der Waals surface area contributed by atoms with Crippen LogP contribution in [0, 0.1) is 0 Å². The van der Waals surface area contributed by atoms with Crippen LogP contribution in [-0.4, -0.2) is 33.1 Å². The van der Waals surface area contributed by atoms with Gasteiger partial charge in [0, 0.05) is 41.8 Å². The van der Waals surface area contributed by atoms with E-state index in [1.165, 1.54) is 60.3 Å². The molecule has 206 valence electrons. The SMILES string of the molecule is O=C(O)CCNC(=O)c1ccc(N(Cc2ccc(-c3csnn3)cc2)Cc2ccc(C3CCCCC3)cc2)cc1. The molecule has 4 aromatic rings. The lowest BCUT2D eigenvalue weighted by molar-refractivity contribution is -0.136. The Balaban J connectivity index is 1.32. The molecule has 5 rings (SSSR count). The van der Waals surface area contributed by atoms with Crippen LogP contribution in [0.3, 0.4) is 0 Å². The maximum atomic E-state index is 12.5. The van der Waals surface area contributed by atoms with Gasteiger partial charge in [0.15, 0.2) is 0 Å². The Hall–Kier alpha value is -4.04. The smallest absolute Gasteiger partial charge is 0.305 e. The van der Waals surface area contributed by atoms with E-state index in [4.69, 9.17) is 5.11 Å². The number of carboxylic acid groups (broad SMARTS) is 1. The number of aromatic nitrogens is 2. The zero-order valence-electron chi connectivity index (χ0n) is 22.5. The molecule has 1 saturated carbocycles. The molecule has 0 radical (unpaired) electrons. The van der Waals surface area contributed by atoms with E-state index in [1.54, 1.807) is 12.1 Å². The molecule has 7 nitrogen and oxygen atoms in total. The van der Waals surface area contributed by atoms with Gasteiger partial charge in [-0.1, -0.05) is 72.3 Å². The van der Waals surface area contributed by atoms with Crippen molar-refractivity contribution in [2.24, 2.45) is 0 Å². The van der Waals surface area contributed by atoms with Crippen molar-refractivity contribution in [3.8, 4) is 11.3 Å². The van der Waals surface area contributed by atoms with Gasteiger partial charge in [-0.05, 0) is 71.2 Å². The zero-order valence-corrected chi connectivity index (χ0v) is 23.3. The fraction of sp³-hybridized carbons (Fsp3) is 0.312. The molecule has 0 spiro atoms. The van der Waals surface area contributed by atoms with Crippen LogP contribution in [0.25, 0.3) is 11.3 Å². The molecular formula is C32H34N4O3S. The minimum atomic E-state index is -0.936. The van der Waals surface area contributed by atoms with Gasteiger partial charge in [0.25, 0.3) is 5.91 Å². The normalized spacial score (nSPS) is 13.6. The Labute approximate surface area is 239 Å². The first-order chi connectivity index (χ1) is 19.5. The lowest BCUT2D eigenvalue weighted by Crippen LogP contribution is -2.26. The van der Waals surface area contributed by atoms with Crippen molar-refractivity contribution >= 4 is 29.1 Å². The molecule has 0 saturated heterocycles. The van der Waals surface area contributed by atoms with Gasteiger partial charge in [-0.25, -0.2) is 0 Å². The first kappa shape index (κ1) is 27.5. The lowest BCUT2D eigenvalue weighted by atomic mass is 9.84. The van der Waals surface area contributed by atoms with Crippen molar-refractivity contribution in [3.05, 3.63) is 100 Å². The average molecular weight is 555 g/mol. The first-order valence-electron chi connectivity index (χ1n) is 13.9. The number of amides is 1. The second kappa shape index (κ2) is 13.3. The van der Waals surface area contributed by atoms with E-state index in [-0.39, 0.29) is 18.9 Å². The van der Waals surface area contributed by atoms with Gasteiger partial charge in [0.1, 0.15) is 5.69 Å². The van der Waals surface area contributed by atoms with Crippen LogP contribution in [0.15, 0.2) is 78.2 Å². The molecule has 1 aromatic heterocycles. The highest BCUT2D eigenvalue weighted by Gasteiger charge is 2.16. The number of benzene rings is 3. The Morgan fingerprint density at radius 1 is 0.875 bits per heavy atom. The zero-order chi connectivity index (χ0) is 27.7. The largest absolute Gasteiger partial charge is 0.481 e. The van der Waals surface area contributed by atoms with Gasteiger partial charge in [-0.3, -0.25) is 9.59 Å². The molecule has 0 unspecified atom stereocenters. The van der Waals surface area contributed by atoms with Crippen LogP contribution in [0.5, 0.6) is 0 Å². The second-order valence-electron chi connectivity index (χ2n) is 10.4. The minimum absolute atomic E-state index is 0.102. The molecule has 1 fully saturated rings. The van der Waals surface area contributed by atoms with Crippen LogP contribution in [-0.2, 0) is 17.9 Å². The standard InChI is InChI=1S/C32H34N4O3S/c37-31(38)18-19-33-32(39)28-14-16-29(17-15-28)36(21-24-8-12-27(13-9-24)30-22-40-35-34-30)20-23-6-10-26(11-7-23)25-4-2-1-3-5-25/h6-17,22,25H,1-5,18-21H2,(H,33,39)(H,37,38). The van der Waals surface area contributed by atoms with Gasteiger partial charge in [-0.15, -0.1) is 5.10 Å². The molecule has 1 aliphatic rings. The third-order valence-electron chi connectivity index (χ3n) is 7.53. The molecule has 0 atom stereocenters. The number of aliphatic carboxylic acids is 1. The van der Waals surface area contributed by atoms with E-state index >= 15 is 0 Å². The van der Waals surface area contributed by atoms with E-state index in [0.29, 0.717) is 18.0 Å². The van der Waals surface area contributed by atoms with E-state index < -0.39 is 5.97 Å². The molecular weight excluding hydrogens is 520 g/mol. The molecule has 1 amide bonds. The molecule has 2 N–H and O–H groups in total. The fourth-order valence-electron chi connectivity index (χ4n) is 5.29. The average Bonchev–Trinajstić information content (AvgIpc) is 3.53. The number of hydrogen-bond acceptors (Lipinski definition) is 6. The molecule has 0 bridgehead atoms. The minimum Gasteiger partial charge on any atom is -0.481 e. The summed E-state index contributed by atoms with van der Waals surface area (Å²) in [5, 5.41) is 17.6. The number of anilines is 1. The maximum Gasteiger partial charge on any atom is 0.305 e. The molecule has 1 aliphatic carbocycles. The Morgan fingerprint density at radius 3 is 2.12 bits per heavy atom. The molecule has 8 heteroatoms. The topological polar surface area (TPSA) is 95.4 Å². The van der Waals surface area contributed by atoms with Crippen molar-refractivity contribution in [1.29, 1.82) is 0 Å². The number of carbonyl (C=O) groups is 2. The molecule has 40 heavy (non-hydrogen) atoms. The molecule has 1 heterocycles. The number of nitrogens with one attached hydrogen (secondary N) is 1. The van der Waals surface area contributed by atoms with Crippen molar-refractivity contribution in [1.82, 2.24) is 14.9 Å². The number of nitrogens with zero attached hydrogens (tertiary/aromatic N) is 3. The van der Waals surface area contributed by atoms with Gasteiger partial charge in [0.2, 0.25) is 0 Å². The van der Waals surface area contributed by atoms with E-state index in [2.05, 4.69) is 68.3 Å². The van der Waals surface area contributed by atoms with Crippen molar-refractivity contribution in [2.45, 2.75) is 57.5 Å². The van der Waals surface area contributed by atoms with Crippen LogP contribution in [0.1, 0.15) is 71.5 Å². The third-order valence-corrected chi connectivity index (χ3v) is 8.04. The first-order valence-corrected chi connectivity index (χ1v) is 14.7. The Kier molecular flexibility index (Phi) is 9.18. The number of carboxylic acids is 1. The van der Waals surface area contributed by atoms with Crippen LogP contribution in [0.2, 0.25) is 0 Å². The highest BCUT2D eigenvalue weighted by atomic mass is 32.1. The summed E-state index contributed by atoms with van der Waals surface area (Å²) in [5.41, 5.74) is 7.28. The quantitative estimate of drug-likeness (QED) is 0.215. The predicted molar refractivity (Wildman–Crippen MR) is 159 cm³/mol. The van der Waals surface area contributed by atoms with Gasteiger partial charge in [-0.2, -0.15) is 0 Å². The summed E-state index contributed by atoms with van der Waals surface area (Å²) >= 11 is 1.34. The summed E-state index contributed by atoms with van der Waals surface area (Å²) in [6.07, 6.45) is 6.48. The molecule has 0 aliphatic heterocycles. The monoisotopic (exact) mass is 554 g/mol. The van der Waals surface area contributed by atoms with Crippen molar-refractivity contribution in [2.75, 3.05) is 11.4 Å². The van der Waals surface area contributed by atoms with Crippen LogP contribution >= 0.6 is 11.5 Å². The van der Waals surface area contributed by atoms with Crippen LogP contribution in [0.4, 0.5) is 5.69 Å². The second-order valence-corrected chi connectivity index (χ2v) is 11.0. The van der Waals surface area contributed by atoms with Gasteiger partial charge in [0.05, 0.1) is 6.42 Å². The summed E-state index contributed by atoms with van der Waals surface area (Å²) in [5.74, 6) is -0.529. The lowest BCUT2D eigenvalue weighted by Gasteiger charge is -2.26. The van der Waals surface area contributed by atoms with Crippen LogP contribution < -0.4 is 10.2 Å². The molecule has 3 aromatic carbocycles. The van der Waals surface area contributed by atoms with Crippen molar-refractivity contribution < 1.29 is 14.7 Å². The number of rotatable bonds is 11. The third kappa shape index (κ3) is 7.33. The maximum absolute atomic E-state index is 12.5. The highest BCUT2D eigenvalue weighted by molar-refractivity contribution is 7.03. The van der Waals surface area contributed by atoms with E-state index in [0.717, 1.165) is 23.5 Å². The van der Waals surface area contributed by atoms with Gasteiger partial charge >= 0.3 is 5.97 Å². The summed E-state index contributed by atoms with van der Waals surface area (Å²) in [4.78, 5) is 25.5. The van der Waals surface area contributed by atoms with E-state index in [1.807, 2.05) is 17.5 Å². The Morgan fingerprint density at radius 2 is 1.52 bits per heavy atom. The van der Waals surface area contributed by atoms with E-state index in [9.17, 15) is 9.59 Å². The number of hydrogen-bond donors (Lipinski definition) is 2. The summed E-state index contributed by atoms with van der Waals surface area (Å²) in [6, 6.07) is 25.0. The summed E-state index contributed by atoms with van der Waals surface area (Å²) in [7, 11) is 0. The number of carbonyl (C=O) groups excluding carboxylic acids is 1. The van der Waals surface area contributed by atoms with Crippen molar-refractivity contribution in [3.63, 3.8) is 0 Å². The fourth-order valence-corrected chi connectivity index (χ4v) is 5.76. The predicted octanol–water partition coefficient (Wildman–Crippen LogP) is 6.66. The van der Waals surface area contributed by atoms with Gasteiger partial charge < -0.3 is 15.3 Å². The summed E-state index contributed by atoms with van der Waals surface area (Å²) < 4.78 is 3.96. The highest BCUT2D eigenvalue weighted by Crippen LogP contribution is 2.33. The summed E-state index contributed by atoms with van der Waals surface area (Å²) in [6.45, 7) is 1.53. The Bertz CT molecular complexity index is 1380.